The van der Waals surface area contributed by atoms with E-state index in [9.17, 15) is 10.5 Å². The Morgan fingerprint density at radius 2 is 1.06 bits per heavy atom. The van der Waals surface area contributed by atoms with Crippen LogP contribution in [0, 0.1) is 22.7 Å². The van der Waals surface area contributed by atoms with Gasteiger partial charge in [-0.3, -0.25) is 0 Å². The molecular weight excluding hydrogens is 408 g/mol. The van der Waals surface area contributed by atoms with Crippen molar-refractivity contribution in [1.29, 1.82) is 10.5 Å². The summed E-state index contributed by atoms with van der Waals surface area (Å²) in [6, 6.07) is 20.2. The van der Waals surface area contributed by atoms with Crippen LogP contribution in [0.15, 0.2) is 95.5 Å². The maximum absolute atomic E-state index is 9.33. The van der Waals surface area contributed by atoms with E-state index in [1.165, 1.54) is 0 Å². The van der Waals surface area contributed by atoms with E-state index in [0.717, 1.165) is 22.5 Å². The zero-order valence-electron chi connectivity index (χ0n) is 19.3. The number of ether oxygens (including phenoxy) is 1. The van der Waals surface area contributed by atoms with Gasteiger partial charge in [-0.2, -0.15) is 10.5 Å². The van der Waals surface area contributed by atoms with E-state index in [1.54, 1.807) is 12.2 Å². The lowest BCUT2D eigenvalue weighted by atomic mass is 10.1. The summed E-state index contributed by atoms with van der Waals surface area (Å²) in [6.45, 7) is 0. The minimum absolute atomic E-state index is 0.0424. The molecule has 33 heavy (non-hydrogen) atoms. The monoisotopic (exact) mass is 434 g/mol. The largest absolute Gasteiger partial charge is 0.457 e. The molecule has 2 aromatic carbocycles. The van der Waals surface area contributed by atoms with Crippen LogP contribution in [0.4, 0.5) is 11.4 Å². The molecule has 5 nitrogen and oxygen atoms in total. The third-order valence-corrected chi connectivity index (χ3v) is 5.04. The molecule has 0 aromatic heterocycles. The van der Waals surface area contributed by atoms with Crippen molar-refractivity contribution in [2.24, 2.45) is 0 Å². The van der Waals surface area contributed by atoms with Crippen molar-refractivity contribution in [2.75, 3.05) is 38.0 Å². The van der Waals surface area contributed by atoms with Gasteiger partial charge in [0.25, 0.3) is 0 Å². The second-order valence-corrected chi connectivity index (χ2v) is 7.89. The Morgan fingerprint density at radius 3 is 1.39 bits per heavy atom. The Bertz CT molecular complexity index is 1130. The fourth-order valence-electron chi connectivity index (χ4n) is 3.13. The summed E-state index contributed by atoms with van der Waals surface area (Å²) in [7, 11) is 8.00. The van der Waals surface area contributed by atoms with Gasteiger partial charge >= 0.3 is 0 Å². The number of benzene rings is 2. The van der Waals surface area contributed by atoms with E-state index >= 15 is 0 Å². The van der Waals surface area contributed by atoms with E-state index in [0.29, 0.717) is 17.1 Å². The van der Waals surface area contributed by atoms with Gasteiger partial charge in [0.2, 0.25) is 0 Å². The number of nitriles is 2. The fraction of sp³-hybridized carbons (Fsp3) is 0.143. The highest BCUT2D eigenvalue weighted by Crippen LogP contribution is 2.25. The maximum atomic E-state index is 9.33. The van der Waals surface area contributed by atoms with Crippen molar-refractivity contribution < 1.29 is 4.74 Å². The van der Waals surface area contributed by atoms with E-state index < -0.39 is 0 Å². The van der Waals surface area contributed by atoms with E-state index in [2.05, 4.69) is 0 Å². The van der Waals surface area contributed by atoms with Crippen LogP contribution < -0.4 is 9.80 Å². The number of rotatable bonds is 6. The SMILES string of the molecule is CN(C)c1ccc(/C=C\C2=CC(=C(C#N)C#N)C=C(/C=C\c3ccc(N(C)C)cc3)O2)cc1. The molecule has 0 atom stereocenters. The first-order valence-electron chi connectivity index (χ1n) is 10.5. The van der Waals surface area contributed by atoms with Gasteiger partial charge < -0.3 is 14.5 Å². The zero-order valence-corrected chi connectivity index (χ0v) is 19.3. The fourth-order valence-corrected chi connectivity index (χ4v) is 3.13. The van der Waals surface area contributed by atoms with Gasteiger partial charge in [0.05, 0.1) is 0 Å². The quantitative estimate of drug-likeness (QED) is 0.547. The number of allylic oxidation sites excluding steroid dienone is 6. The van der Waals surface area contributed by atoms with Crippen LogP contribution in [-0.2, 0) is 4.74 Å². The minimum Gasteiger partial charge on any atom is -0.457 e. The van der Waals surface area contributed by atoms with Gasteiger partial charge in [0.15, 0.2) is 0 Å². The van der Waals surface area contributed by atoms with Crippen molar-refractivity contribution in [3.63, 3.8) is 0 Å². The van der Waals surface area contributed by atoms with Crippen molar-refractivity contribution in [1.82, 2.24) is 0 Å². The Labute approximate surface area is 195 Å². The third-order valence-electron chi connectivity index (χ3n) is 5.04. The van der Waals surface area contributed by atoms with Gasteiger partial charge in [-0.15, -0.1) is 0 Å². The molecule has 0 fully saturated rings. The maximum Gasteiger partial charge on any atom is 0.137 e. The molecule has 164 valence electrons. The molecule has 2 aromatic rings. The third kappa shape index (κ3) is 6.26. The predicted molar refractivity (Wildman–Crippen MR) is 135 cm³/mol. The highest BCUT2D eigenvalue weighted by Gasteiger charge is 2.12. The molecule has 1 heterocycles. The number of hydrogen-bond donors (Lipinski definition) is 0. The Morgan fingerprint density at radius 1 is 0.667 bits per heavy atom. The minimum atomic E-state index is 0.0424. The highest BCUT2D eigenvalue weighted by molar-refractivity contribution is 5.62. The van der Waals surface area contributed by atoms with Gasteiger partial charge in [0.1, 0.15) is 29.2 Å². The first-order chi connectivity index (χ1) is 15.9. The molecule has 1 aliphatic heterocycles. The molecule has 0 saturated heterocycles. The van der Waals surface area contributed by atoms with Crippen molar-refractivity contribution in [2.45, 2.75) is 0 Å². The lowest BCUT2D eigenvalue weighted by molar-refractivity contribution is 0.332. The van der Waals surface area contributed by atoms with Crippen LogP contribution in [0.1, 0.15) is 11.1 Å². The lowest BCUT2D eigenvalue weighted by Crippen LogP contribution is -2.07. The second kappa shape index (κ2) is 10.7. The van der Waals surface area contributed by atoms with Gasteiger partial charge in [-0.25, -0.2) is 0 Å². The van der Waals surface area contributed by atoms with Gasteiger partial charge in [0, 0.05) is 45.1 Å². The molecule has 0 spiro atoms. The summed E-state index contributed by atoms with van der Waals surface area (Å²) >= 11 is 0. The average molecular weight is 435 g/mol. The van der Waals surface area contributed by atoms with Crippen LogP contribution in [0.2, 0.25) is 0 Å². The summed E-state index contributed by atoms with van der Waals surface area (Å²) in [5, 5.41) is 18.7. The molecule has 0 N–H and O–H groups in total. The Kier molecular flexibility index (Phi) is 7.52. The summed E-state index contributed by atoms with van der Waals surface area (Å²) in [5.74, 6) is 1.10. The summed E-state index contributed by atoms with van der Waals surface area (Å²) in [6.07, 6.45) is 11.0. The first-order valence-corrected chi connectivity index (χ1v) is 10.5. The standard InChI is InChI=1S/C28H26N4O/c1-31(2)25-11-5-21(6-12-25)9-15-27-17-23(24(19-29)20-30)18-28(33-27)16-10-22-7-13-26(14-8-22)32(3)4/h5-18H,1-4H3/b15-9-,16-10-. The molecule has 0 saturated carbocycles. The molecule has 0 unspecified atom stereocenters. The van der Waals surface area contributed by atoms with Crippen LogP contribution in [0.5, 0.6) is 0 Å². The molecule has 5 heteroatoms. The van der Waals surface area contributed by atoms with E-state index in [1.807, 2.05) is 123 Å². The van der Waals surface area contributed by atoms with Crippen LogP contribution in [0.3, 0.4) is 0 Å². The topological polar surface area (TPSA) is 63.3 Å². The van der Waals surface area contributed by atoms with Crippen molar-refractivity contribution in [3.8, 4) is 12.1 Å². The van der Waals surface area contributed by atoms with E-state index in [-0.39, 0.29) is 5.57 Å². The molecule has 1 aliphatic rings. The van der Waals surface area contributed by atoms with Crippen LogP contribution in [-0.4, -0.2) is 28.2 Å². The van der Waals surface area contributed by atoms with Gasteiger partial charge in [-0.05, 0) is 59.7 Å². The Balaban J connectivity index is 1.84. The lowest BCUT2D eigenvalue weighted by Gasteiger charge is -2.14. The van der Waals surface area contributed by atoms with Crippen LogP contribution >= 0.6 is 0 Å². The number of hydrogen-bond acceptors (Lipinski definition) is 5. The molecule has 0 amide bonds. The second-order valence-electron chi connectivity index (χ2n) is 7.89. The van der Waals surface area contributed by atoms with Crippen molar-refractivity contribution in [3.05, 3.63) is 107 Å². The van der Waals surface area contributed by atoms with Gasteiger partial charge in [-0.1, -0.05) is 36.4 Å². The molecule has 0 radical (unpaired) electrons. The number of nitrogens with zero attached hydrogens (tertiary/aromatic N) is 4. The summed E-state index contributed by atoms with van der Waals surface area (Å²) < 4.78 is 6.00. The number of anilines is 2. The molecular formula is C28H26N4O. The predicted octanol–water partition coefficient (Wildman–Crippen LogP) is 5.69. The summed E-state index contributed by atoms with van der Waals surface area (Å²) in [5.41, 5.74) is 4.84. The zero-order chi connectivity index (χ0) is 23.8. The van der Waals surface area contributed by atoms with Crippen molar-refractivity contribution >= 4 is 23.5 Å². The summed E-state index contributed by atoms with van der Waals surface area (Å²) in [4.78, 5) is 4.08. The van der Waals surface area contributed by atoms with E-state index in [4.69, 9.17) is 4.74 Å². The molecule has 0 aliphatic carbocycles. The molecule has 0 bridgehead atoms. The smallest absolute Gasteiger partial charge is 0.137 e. The highest BCUT2D eigenvalue weighted by atomic mass is 16.5. The normalized spacial score (nSPS) is 13.1. The molecule has 3 rings (SSSR count). The average Bonchev–Trinajstić information content (AvgIpc) is 2.82. The Hall–Kier alpha value is -4.48. The van der Waals surface area contributed by atoms with Crippen LogP contribution in [0.25, 0.3) is 12.2 Å². The first kappa shape index (κ1) is 23.2.